The first-order valence-corrected chi connectivity index (χ1v) is 22.1. The molecular weight excluding hydrogens is 765 g/mol. The number of hydrogen-bond donors (Lipinski definition) is 0. The molecule has 9 aromatic carbocycles. The van der Waals surface area contributed by atoms with Crippen molar-refractivity contribution < 1.29 is 4.42 Å². The van der Waals surface area contributed by atoms with E-state index in [1.54, 1.807) is 0 Å². The third kappa shape index (κ3) is 5.33. The van der Waals surface area contributed by atoms with E-state index in [1.165, 1.54) is 87.8 Å². The number of rotatable bonds is 5. The highest BCUT2D eigenvalue weighted by Gasteiger charge is 2.25. The Balaban J connectivity index is 0.965. The van der Waals surface area contributed by atoms with Crippen molar-refractivity contribution in [3.63, 3.8) is 0 Å². The van der Waals surface area contributed by atoms with Gasteiger partial charge in [-0.3, -0.25) is 0 Å². The monoisotopic (exact) mass is 806 g/mol. The van der Waals surface area contributed by atoms with Crippen molar-refractivity contribution in [2.45, 2.75) is 19.8 Å². The van der Waals surface area contributed by atoms with Gasteiger partial charge >= 0.3 is 0 Å². The van der Waals surface area contributed by atoms with E-state index < -0.39 is 0 Å². The zero-order chi connectivity index (χ0) is 41.8. The average Bonchev–Trinajstić information content (AvgIpc) is 4.00. The van der Waals surface area contributed by atoms with Crippen LogP contribution >= 0.6 is 0 Å². The smallest absolute Gasteiger partial charge is 0.136 e. The van der Waals surface area contributed by atoms with Crippen molar-refractivity contribution in [2.24, 2.45) is 5.92 Å². The van der Waals surface area contributed by atoms with Crippen molar-refractivity contribution in [2.75, 3.05) is 0 Å². The lowest BCUT2D eigenvalue weighted by Crippen LogP contribution is -2.10. The van der Waals surface area contributed by atoms with Crippen molar-refractivity contribution in [3.05, 3.63) is 217 Å². The Morgan fingerprint density at radius 2 is 0.905 bits per heavy atom. The average molecular weight is 807 g/mol. The van der Waals surface area contributed by atoms with Crippen LogP contribution in [0.4, 0.5) is 0 Å². The third-order valence-corrected chi connectivity index (χ3v) is 13.8. The van der Waals surface area contributed by atoms with Crippen molar-refractivity contribution in [1.82, 2.24) is 9.13 Å². The summed E-state index contributed by atoms with van der Waals surface area (Å²) < 4.78 is 11.2. The highest BCUT2D eigenvalue weighted by molar-refractivity contribution is 6.21. The molecular formula is C60H42N2O. The molecule has 13 rings (SSSR count). The molecule has 0 fully saturated rings. The Labute approximate surface area is 365 Å². The molecule has 3 aromatic heterocycles. The van der Waals surface area contributed by atoms with Gasteiger partial charge in [0.05, 0.1) is 22.1 Å². The molecule has 1 aliphatic rings. The van der Waals surface area contributed by atoms with Crippen LogP contribution in [0.1, 0.15) is 24.0 Å². The van der Waals surface area contributed by atoms with E-state index in [0.29, 0.717) is 11.8 Å². The number of benzene rings is 9. The van der Waals surface area contributed by atoms with Crippen LogP contribution in [0, 0.1) is 12.8 Å². The molecule has 0 spiro atoms. The fourth-order valence-corrected chi connectivity index (χ4v) is 11.0. The van der Waals surface area contributed by atoms with Gasteiger partial charge in [0.2, 0.25) is 0 Å². The van der Waals surface area contributed by atoms with Crippen molar-refractivity contribution >= 4 is 76.3 Å². The first kappa shape index (κ1) is 35.8. The molecule has 12 aromatic rings. The summed E-state index contributed by atoms with van der Waals surface area (Å²) in [6.45, 7) is 4.60. The summed E-state index contributed by atoms with van der Waals surface area (Å²) >= 11 is 0. The highest BCUT2D eigenvalue weighted by atomic mass is 16.3. The second-order valence-electron chi connectivity index (χ2n) is 17.3. The number of allylic oxidation sites excluding steroid dienone is 4. The number of nitrogens with zero attached hydrogens (tertiary/aromatic N) is 2. The maximum absolute atomic E-state index is 6.35. The molecule has 2 unspecified atom stereocenters. The minimum Gasteiger partial charge on any atom is -0.456 e. The molecule has 0 saturated heterocycles. The largest absolute Gasteiger partial charge is 0.456 e. The molecule has 0 radical (unpaired) electrons. The summed E-state index contributed by atoms with van der Waals surface area (Å²) in [4.78, 5) is 0. The normalized spacial score (nSPS) is 15.3. The van der Waals surface area contributed by atoms with Gasteiger partial charge in [0.1, 0.15) is 11.2 Å². The molecule has 0 N–H and O–H groups in total. The van der Waals surface area contributed by atoms with Gasteiger partial charge < -0.3 is 13.6 Å². The van der Waals surface area contributed by atoms with Crippen LogP contribution in [0.25, 0.3) is 110 Å². The van der Waals surface area contributed by atoms with Crippen molar-refractivity contribution in [3.8, 4) is 33.6 Å². The van der Waals surface area contributed by atoms with Gasteiger partial charge in [0.25, 0.3) is 0 Å². The van der Waals surface area contributed by atoms with E-state index in [0.717, 1.165) is 33.3 Å². The van der Waals surface area contributed by atoms with Crippen LogP contribution in [-0.4, -0.2) is 9.13 Å². The fourth-order valence-electron chi connectivity index (χ4n) is 11.0. The standard InChI is InChI=1S/C60H42N2O/c1-37-15-3-4-17-43(37)57-38(2)16-11-21-44(57)45-22-12-27-53-58(45)48-18-5-8-25-51(48)61(53)41-33-31-40-36-42(34-32-39(40)35-41)62-52-26-9-6-19-49(52)59-46(23-13-28-54(59)62)47-24-14-30-56-60(47)50-20-7-10-29-55(50)63-56/h3-37,43H,1-2H3. The van der Waals surface area contributed by atoms with Crippen molar-refractivity contribution in [1.29, 1.82) is 0 Å². The van der Waals surface area contributed by atoms with Crippen LogP contribution in [0.3, 0.4) is 0 Å². The molecule has 63 heavy (non-hydrogen) atoms. The Morgan fingerprint density at radius 3 is 1.56 bits per heavy atom. The van der Waals surface area contributed by atoms with Gasteiger partial charge in [0.15, 0.2) is 0 Å². The van der Waals surface area contributed by atoms with Crippen LogP contribution in [0.15, 0.2) is 211 Å². The lowest BCUT2D eigenvalue weighted by molar-refractivity contribution is 0.633. The van der Waals surface area contributed by atoms with Crippen LogP contribution < -0.4 is 0 Å². The summed E-state index contributed by atoms with van der Waals surface area (Å²) in [5.74, 6) is 0.743. The maximum Gasteiger partial charge on any atom is 0.136 e. The van der Waals surface area contributed by atoms with Crippen LogP contribution in [-0.2, 0) is 0 Å². The lowest BCUT2D eigenvalue weighted by atomic mass is 9.78. The molecule has 2 atom stereocenters. The maximum atomic E-state index is 6.35. The molecule has 0 saturated carbocycles. The zero-order valence-electron chi connectivity index (χ0n) is 35.1. The Hall–Kier alpha value is -7.88. The van der Waals surface area contributed by atoms with E-state index >= 15 is 0 Å². The fraction of sp³-hybridized carbons (Fsp3) is 0.0667. The first-order chi connectivity index (χ1) is 31.1. The molecule has 3 heteroatoms. The Morgan fingerprint density at radius 1 is 0.413 bits per heavy atom. The number of furan rings is 1. The number of hydrogen-bond acceptors (Lipinski definition) is 1. The van der Waals surface area contributed by atoms with E-state index in [4.69, 9.17) is 4.42 Å². The summed E-state index contributed by atoms with van der Waals surface area (Å²) in [5, 5.41) is 9.72. The molecule has 3 nitrogen and oxygen atoms in total. The summed E-state index contributed by atoms with van der Waals surface area (Å²) in [6, 6.07) is 66.8. The molecule has 0 bridgehead atoms. The van der Waals surface area contributed by atoms with Crippen LogP contribution in [0.5, 0.6) is 0 Å². The zero-order valence-corrected chi connectivity index (χ0v) is 35.1. The molecule has 3 heterocycles. The predicted octanol–water partition coefficient (Wildman–Crippen LogP) is 16.4. The second-order valence-corrected chi connectivity index (χ2v) is 17.3. The topological polar surface area (TPSA) is 23.0 Å². The predicted molar refractivity (Wildman–Crippen MR) is 266 cm³/mol. The minimum absolute atomic E-state index is 0.322. The summed E-state index contributed by atoms with van der Waals surface area (Å²) in [7, 11) is 0. The number of aryl methyl sites for hydroxylation is 1. The highest BCUT2D eigenvalue weighted by Crippen LogP contribution is 2.46. The Kier molecular flexibility index (Phi) is 7.86. The van der Waals surface area contributed by atoms with E-state index in [1.807, 2.05) is 6.07 Å². The van der Waals surface area contributed by atoms with E-state index in [9.17, 15) is 0 Å². The molecule has 298 valence electrons. The molecule has 0 amide bonds. The molecule has 0 aliphatic heterocycles. The lowest BCUT2D eigenvalue weighted by Gasteiger charge is -2.26. The van der Waals surface area contributed by atoms with Gasteiger partial charge in [-0.2, -0.15) is 0 Å². The van der Waals surface area contributed by atoms with Gasteiger partial charge in [-0.25, -0.2) is 0 Å². The van der Waals surface area contributed by atoms with Gasteiger partial charge in [-0.15, -0.1) is 0 Å². The minimum atomic E-state index is 0.322. The number of fused-ring (bicyclic) bond motifs is 10. The summed E-state index contributed by atoms with van der Waals surface area (Å²) in [5.41, 5.74) is 16.6. The quantitative estimate of drug-likeness (QED) is 0.170. The molecule has 1 aliphatic carbocycles. The summed E-state index contributed by atoms with van der Waals surface area (Å²) in [6.07, 6.45) is 9.11. The first-order valence-electron chi connectivity index (χ1n) is 22.1. The third-order valence-electron chi connectivity index (χ3n) is 13.8. The Bertz CT molecular complexity index is 3910. The van der Waals surface area contributed by atoms with Gasteiger partial charge in [0, 0.05) is 49.6 Å². The number of para-hydroxylation sites is 3. The van der Waals surface area contributed by atoms with Crippen LogP contribution in [0.2, 0.25) is 0 Å². The van der Waals surface area contributed by atoms with E-state index in [-0.39, 0.29) is 0 Å². The van der Waals surface area contributed by atoms with E-state index in [2.05, 4.69) is 223 Å². The second kappa shape index (κ2) is 13.8. The van der Waals surface area contributed by atoms with Gasteiger partial charge in [-0.1, -0.05) is 153 Å². The van der Waals surface area contributed by atoms with Gasteiger partial charge in [-0.05, 0) is 118 Å². The SMILES string of the molecule is Cc1cccc(-c2cccc3c2c2ccccc2n3-c2ccc3cc(-n4c5ccccc5c5c(-c6cccc7oc8ccccc8c67)cccc54)ccc3c2)c1C1C=CC=CC1C. The number of aromatic nitrogens is 2.